The van der Waals surface area contributed by atoms with Gasteiger partial charge in [0.2, 0.25) is 0 Å². The smallest absolute Gasteiger partial charge is 0.313 e. The fraction of sp³-hybridized carbons (Fsp3) is 0.533. The molecular weight excluding hydrogens is 452 g/mol. The van der Waals surface area contributed by atoms with Gasteiger partial charge < -0.3 is 20.1 Å². The Hall–Kier alpha value is -2.70. The monoisotopic (exact) mass is 496 g/mol. The molecule has 0 amide bonds. The summed E-state index contributed by atoms with van der Waals surface area (Å²) in [5.41, 5.74) is 2.41. The standard InChI is InChI=1S/C30H44N2O4/c1-23(2)29(33)35-27-15-14-26(22-28(27)36-30(34)24(3)4)17-21-32-19-11-6-5-10-18-31-20-16-25-12-8-7-9-13-25/h7-9,12-15,22-24,31-32H,5-6,10-11,16-21H2,1-4H3. The second-order valence-corrected chi connectivity index (χ2v) is 9.83. The van der Waals surface area contributed by atoms with Crippen LogP contribution in [0.4, 0.5) is 0 Å². The second kappa shape index (κ2) is 16.9. The van der Waals surface area contributed by atoms with Gasteiger partial charge in [0.1, 0.15) is 0 Å². The van der Waals surface area contributed by atoms with E-state index in [1.165, 1.54) is 24.8 Å². The molecule has 0 aliphatic carbocycles. The van der Waals surface area contributed by atoms with Crippen LogP contribution in [-0.2, 0) is 22.4 Å². The van der Waals surface area contributed by atoms with E-state index in [-0.39, 0.29) is 29.5 Å². The molecule has 198 valence electrons. The third kappa shape index (κ3) is 11.8. The molecule has 0 radical (unpaired) electrons. The van der Waals surface area contributed by atoms with E-state index in [1.54, 1.807) is 39.8 Å². The summed E-state index contributed by atoms with van der Waals surface area (Å²) in [6, 6.07) is 16.0. The molecule has 0 saturated carbocycles. The largest absolute Gasteiger partial charge is 0.422 e. The predicted molar refractivity (Wildman–Crippen MR) is 145 cm³/mol. The number of nitrogens with one attached hydrogen (secondary N) is 2. The van der Waals surface area contributed by atoms with Crippen LogP contribution in [0.3, 0.4) is 0 Å². The zero-order valence-corrected chi connectivity index (χ0v) is 22.5. The van der Waals surface area contributed by atoms with E-state index < -0.39 is 0 Å². The molecule has 2 rings (SSSR count). The molecule has 0 saturated heterocycles. The number of rotatable bonds is 17. The van der Waals surface area contributed by atoms with Crippen molar-refractivity contribution in [3.63, 3.8) is 0 Å². The minimum absolute atomic E-state index is 0.265. The van der Waals surface area contributed by atoms with Crippen LogP contribution in [0.1, 0.15) is 64.5 Å². The average Bonchev–Trinajstić information content (AvgIpc) is 2.86. The number of ether oxygens (including phenoxy) is 2. The Morgan fingerprint density at radius 1 is 0.639 bits per heavy atom. The van der Waals surface area contributed by atoms with Gasteiger partial charge in [0.15, 0.2) is 11.5 Å². The molecule has 6 heteroatoms. The molecule has 2 aromatic carbocycles. The van der Waals surface area contributed by atoms with Crippen LogP contribution >= 0.6 is 0 Å². The average molecular weight is 497 g/mol. The van der Waals surface area contributed by atoms with Crippen molar-refractivity contribution in [3.8, 4) is 11.5 Å². The fourth-order valence-corrected chi connectivity index (χ4v) is 3.54. The Balaban J connectivity index is 1.62. The van der Waals surface area contributed by atoms with Crippen molar-refractivity contribution < 1.29 is 19.1 Å². The first-order valence-corrected chi connectivity index (χ1v) is 13.4. The summed E-state index contributed by atoms with van der Waals surface area (Å²) in [6.45, 7) is 11.0. The normalized spacial score (nSPS) is 11.2. The molecule has 6 nitrogen and oxygen atoms in total. The lowest BCUT2D eigenvalue weighted by Gasteiger charge is -2.14. The lowest BCUT2D eigenvalue weighted by Crippen LogP contribution is -2.20. The molecule has 0 fully saturated rings. The molecule has 2 aromatic rings. The van der Waals surface area contributed by atoms with Crippen LogP contribution in [0.2, 0.25) is 0 Å². The highest BCUT2D eigenvalue weighted by Gasteiger charge is 2.18. The van der Waals surface area contributed by atoms with Gasteiger partial charge in [0.05, 0.1) is 11.8 Å². The lowest BCUT2D eigenvalue weighted by atomic mass is 10.1. The number of carbonyl (C=O) groups excluding carboxylic acids is 2. The number of hydrogen-bond acceptors (Lipinski definition) is 6. The molecule has 0 heterocycles. The van der Waals surface area contributed by atoms with Gasteiger partial charge in [-0.3, -0.25) is 9.59 Å². The third-order valence-electron chi connectivity index (χ3n) is 5.85. The molecule has 0 aliphatic rings. The van der Waals surface area contributed by atoms with Crippen LogP contribution in [0.15, 0.2) is 48.5 Å². The van der Waals surface area contributed by atoms with Gasteiger partial charge in [-0.1, -0.05) is 76.9 Å². The van der Waals surface area contributed by atoms with Crippen molar-refractivity contribution in [1.82, 2.24) is 10.6 Å². The summed E-state index contributed by atoms with van der Waals surface area (Å²) in [5, 5.41) is 7.03. The Morgan fingerprint density at radius 3 is 1.72 bits per heavy atom. The number of benzene rings is 2. The van der Waals surface area contributed by atoms with Crippen LogP contribution in [-0.4, -0.2) is 38.1 Å². The lowest BCUT2D eigenvalue weighted by molar-refractivity contribution is -0.140. The van der Waals surface area contributed by atoms with Gasteiger partial charge in [0.25, 0.3) is 0 Å². The number of esters is 2. The van der Waals surface area contributed by atoms with E-state index in [4.69, 9.17) is 9.47 Å². The molecule has 0 bridgehead atoms. The van der Waals surface area contributed by atoms with E-state index in [9.17, 15) is 9.59 Å². The van der Waals surface area contributed by atoms with Gasteiger partial charge >= 0.3 is 11.9 Å². The summed E-state index contributed by atoms with van der Waals surface area (Å²) >= 11 is 0. The second-order valence-electron chi connectivity index (χ2n) is 9.83. The molecular formula is C30H44N2O4. The van der Waals surface area contributed by atoms with Gasteiger partial charge in [-0.05, 0) is 75.1 Å². The maximum absolute atomic E-state index is 12.1. The maximum atomic E-state index is 12.1. The van der Waals surface area contributed by atoms with Gasteiger partial charge in [-0.2, -0.15) is 0 Å². The molecule has 0 atom stereocenters. The Bertz CT molecular complexity index is 912. The molecule has 0 aliphatic heterocycles. The minimum atomic E-state index is -0.353. The zero-order valence-electron chi connectivity index (χ0n) is 22.5. The van der Waals surface area contributed by atoms with Crippen molar-refractivity contribution in [2.45, 2.75) is 66.2 Å². The Morgan fingerprint density at radius 2 is 1.17 bits per heavy atom. The maximum Gasteiger partial charge on any atom is 0.313 e. The van der Waals surface area contributed by atoms with Crippen LogP contribution in [0.25, 0.3) is 0 Å². The topological polar surface area (TPSA) is 76.7 Å². The van der Waals surface area contributed by atoms with Crippen LogP contribution in [0, 0.1) is 11.8 Å². The summed E-state index contributed by atoms with van der Waals surface area (Å²) in [7, 11) is 0. The first-order chi connectivity index (χ1) is 17.4. The summed E-state index contributed by atoms with van der Waals surface area (Å²) < 4.78 is 11.0. The fourth-order valence-electron chi connectivity index (χ4n) is 3.54. The first kappa shape index (κ1) is 29.5. The van der Waals surface area contributed by atoms with Crippen molar-refractivity contribution in [2.24, 2.45) is 11.8 Å². The van der Waals surface area contributed by atoms with E-state index in [1.807, 2.05) is 6.07 Å². The highest BCUT2D eigenvalue weighted by Crippen LogP contribution is 2.30. The van der Waals surface area contributed by atoms with E-state index in [2.05, 4.69) is 41.0 Å². The summed E-state index contributed by atoms with van der Waals surface area (Å²) in [6.07, 6.45) is 6.71. The Kier molecular flexibility index (Phi) is 13.8. The highest BCUT2D eigenvalue weighted by atomic mass is 16.6. The molecule has 0 aromatic heterocycles. The number of hydrogen-bond donors (Lipinski definition) is 2. The van der Waals surface area contributed by atoms with E-state index in [0.29, 0.717) is 5.75 Å². The molecule has 0 unspecified atom stereocenters. The van der Waals surface area contributed by atoms with Gasteiger partial charge in [-0.25, -0.2) is 0 Å². The first-order valence-electron chi connectivity index (χ1n) is 13.4. The van der Waals surface area contributed by atoms with Crippen LogP contribution in [0.5, 0.6) is 11.5 Å². The predicted octanol–water partition coefficient (Wildman–Crippen LogP) is 5.33. The van der Waals surface area contributed by atoms with Gasteiger partial charge in [0, 0.05) is 0 Å². The SMILES string of the molecule is CC(C)C(=O)Oc1ccc(CCNCCCCCCNCCc2ccccc2)cc1OC(=O)C(C)C. The minimum Gasteiger partial charge on any atom is -0.422 e. The quantitative estimate of drug-likeness (QED) is 0.175. The van der Waals surface area contributed by atoms with Crippen LogP contribution < -0.4 is 20.1 Å². The molecule has 0 spiro atoms. The molecule has 36 heavy (non-hydrogen) atoms. The number of carbonyl (C=O) groups is 2. The van der Waals surface area contributed by atoms with Crippen molar-refractivity contribution >= 4 is 11.9 Å². The summed E-state index contributed by atoms with van der Waals surface area (Å²) in [5.74, 6) is -0.647. The Labute approximate surface area is 217 Å². The number of unbranched alkanes of at least 4 members (excludes halogenated alkanes) is 3. The van der Waals surface area contributed by atoms with E-state index in [0.717, 1.165) is 51.0 Å². The zero-order chi connectivity index (χ0) is 26.2. The van der Waals surface area contributed by atoms with Gasteiger partial charge in [-0.15, -0.1) is 0 Å². The highest BCUT2D eigenvalue weighted by molar-refractivity contribution is 5.78. The summed E-state index contributed by atoms with van der Waals surface area (Å²) in [4.78, 5) is 24.2. The van der Waals surface area contributed by atoms with E-state index >= 15 is 0 Å². The molecule has 2 N–H and O–H groups in total. The van der Waals surface area contributed by atoms with Crippen molar-refractivity contribution in [1.29, 1.82) is 0 Å². The van der Waals surface area contributed by atoms with Crippen molar-refractivity contribution in [3.05, 3.63) is 59.7 Å². The van der Waals surface area contributed by atoms with Crippen molar-refractivity contribution in [2.75, 3.05) is 26.2 Å². The third-order valence-corrected chi connectivity index (χ3v) is 5.85.